The van der Waals surface area contributed by atoms with Crippen molar-refractivity contribution in [1.82, 2.24) is 4.98 Å². The van der Waals surface area contributed by atoms with Gasteiger partial charge < -0.3 is 5.11 Å². The lowest BCUT2D eigenvalue weighted by Gasteiger charge is -2.08. The van der Waals surface area contributed by atoms with Gasteiger partial charge in [0.05, 0.1) is 18.3 Å². The van der Waals surface area contributed by atoms with Crippen LogP contribution < -0.4 is 0 Å². The Bertz CT molecular complexity index is 682. The molecule has 1 aromatic heterocycles. The zero-order chi connectivity index (χ0) is 14.1. The molecule has 1 aromatic carbocycles. The molecule has 0 spiro atoms. The molecule has 1 atom stereocenters. The van der Waals surface area contributed by atoms with Crippen LogP contribution in [0.15, 0.2) is 41.5 Å². The van der Waals surface area contributed by atoms with E-state index in [0.29, 0.717) is 18.0 Å². The van der Waals surface area contributed by atoms with E-state index in [1.807, 2.05) is 43.5 Å². The third-order valence-electron chi connectivity index (χ3n) is 3.46. The number of benzene rings is 1. The summed E-state index contributed by atoms with van der Waals surface area (Å²) in [5, 5.41) is 10.3. The average molecular weight is 287 g/mol. The summed E-state index contributed by atoms with van der Waals surface area (Å²) < 4.78 is 0. The Morgan fingerprint density at radius 2 is 2.15 bits per heavy atom. The summed E-state index contributed by atoms with van der Waals surface area (Å²) in [7, 11) is 0. The molecule has 20 heavy (non-hydrogen) atoms. The van der Waals surface area contributed by atoms with Gasteiger partial charge in [0.15, 0.2) is 0 Å². The summed E-state index contributed by atoms with van der Waals surface area (Å²) in [5.74, 6) is 0. The van der Waals surface area contributed by atoms with Crippen molar-refractivity contribution in [2.24, 2.45) is 4.99 Å². The van der Waals surface area contributed by atoms with Crippen LogP contribution in [-0.2, 0) is 0 Å². The van der Waals surface area contributed by atoms with E-state index in [0.717, 1.165) is 28.1 Å². The van der Waals surface area contributed by atoms with Crippen LogP contribution in [0.5, 0.6) is 0 Å². The molecular formula is C16H15ClN2O. The monoisotopic (exact) mass is 286 g/mol. The number of aliphatic hydroxyl groups excluding tert-OH is 1. The minimum atomic E-state index is -0.350. The summed E-state index contributed by atoms with van der Waals surface area (Å²) in [6.07, 6.45) is 2.10. The lowest BCUT2D eigenvalue weighted by Crippen LogP contribution is -2.08. The quantitative estimate of drug-likeness (QED) is 0.921. The third-order valence-corrected chi connectivity index (χ3v) is 3.70. The van der Waals surface area contributed by atoms with Gasteiger partial charge in [0, 0.05) is 34.5 Å². The molecule has 0 saturated carbocycles. The topological polar surface area (TPSA) is 45.5 Å². The van der Waals surface area contributed by atoms with Crippen molar-refractivity contribution >= 4 is 17.3 Å². The first-order chi connectivity index (χ1) is 9.63. The Balaban J connectivity index is 1.96. The SMILES string of the molecule is Cc1cc(-c2cccc(Cl)c2)ncc1C1=NCC(O)C1. The highest BCUT2D eigenvalue weighted by atomic mass is 35.5. The van der Waals surface area contributed by atoms with Crippen molar-refractivity contribution in [2.75, 3.05) is 6.54 Å². The number of nitrogens with zero attached hydrogens (tertiary/aromatic N) is 2. The second kappa shape index (κ2) is 5.35. The molecule has 102 valence electrons. The second-order valence-electron chi connectivity index (χ2n) is 5.04. The highest BCUT2D eigenvalue weighted by Crippen LogP contribution is 2.24. The summed E-state index contributed by atoms with van der Waals surface area (Å²) in [6.45, 7) is 2.53. The van der Waals surface area contributed by atoms with Gasteiger partial charge in [-0.05, 0) is 30.7 Å². The van der Waals surface area contributed by atoms with Crippen LogP contribution in [-0.4, -0.2) is 28.5 Å². The molecule has 4 heteroatoms. The maximum Gasteiger partial charge on any atom is 0.0790 e. The molecule has 1 unspecified atom stereocenters. The van der Waals surface area contributed by atoms with E-state index in [-0.39, 0.29) is 6.10 Å². The van der Waals surface area contributed by atoms with E-state index in [2.05, 4.69) is 9.98 Å². The molecule has 0 radical (unpaired) electrons. The number of aromatic nitrogens is 1. The number of hydrogen-bond acceptors (Lipinski definition) is 3. The van der Waals surface area contributed by atoms with Gasteiger partial charge in [0.1, 0.15) is 0 Å². The molecule has 3 nitrogen and oxygen atoms in total. The van der Waals surface area contributed by atoms with Gasteiger partial charge >= 0.3 is 0 Å². The molecule has 1 aliphatic heterocycles. The fraction of sp³-hybridized carbons (Fsp3) is 0.250. The zero-order valence-corrected chi connectivity index (χ0v) is 11.9. The summed E-state index contributed by atoms with van der Waals surface area (Å²) >= 11 is 6.01. The maximum absolute atomic E-state index is 9.57. The predicted octanol–water partition coefficient (Wildman–Crippen LogP) is 3.26. The van der Waals surface area contributed by atoms with Crippen molar-refractivity contribution in [3.63, 3.8) is 0 Å². The fourth-order valence-electron chi connectivity index (χ4n) is 2.43. The first-order valence-corrected chi connectivity index (χ1v) is 6.95. The van der Waals surface area contributed by atoms with Crippen LogP contribution in [0, 0.1) is 6.92 Å². The van der Waals surface area contributed by atoms with E-state index >= 15 is 0 Å². The second-order valence-corrected chi connectivity index (χ2v) is 5.48. The van der Waals surface area contributed by atoms with Gasteiger partial charge in [0.2, 0.25) is 0 Å². The molecule has 2 heterocycles. The van der Waals surface area contributed by atoms with E-state index in [9.17, 15) is 5.11 Å². The molecule has 3 rings (SSSR count). The summed E-state index contributed by atoms with van der Waals surface area (Å²) in [4.78, 5) is 8.87. The lowest BCUT2D eigenvalue weighted by molar-refractivity contribution is 0.200. The van der Waals surface area contributed by atoms with Crippen LogP contribution in [0.25, 0.3) is 11.3 Å². The number of halogens is 1. The Morgan fingerprint density at radius 1 is 1.30 bits per heavy atom. The number of hydrogen-bond donors (Lipinski definition) is 1. The largest absolute Gasteiger partial charge is 0.391 e. The van der Waals surface area contributed by atoms with Crippen molar-refractivity contribution in [3.8, 4) is 11.3 Å². The third kappa shape index (κ3) is 2.60. The van der Waals surface area contributed by atoms with Crippen molar-refractivity contribution in [2.45, 2.75) is 19.4 Å². The number of rotatable bonds is 2. The van der Waals surface area contributed by atoms with Crippen molar-refractivity contribution < 1.29 is 5.11 Å². The van der Waals surface area contributed by atoms with Crippen LogP contribution in [0.2, 0.25) is 5.02 Å². The van der Waals surface area contributed by atoms with Crippen molar-refractivity contribution in [1.29, 1.82) is 0 Å². The standard InChI is InChI=1S/C16H15ClN2O/c1-10-5-15(11-3-2-4-12(17)6-11)19-9-14(10)16-7-13(20)8-18-16/h2-6,9,13,20H,7-8H2,1H3. The molecule has 0 bridgehead atoms. The fourth-order valence-corrected chi connectivity index (χ4v) is 2.62. The van der Waals surface area contributed by atoms with E-state index in [1.165, 1.54) is 0 Å². The molecule has 2 aromatic rings. The van der Waals surface area contributed by atoms with Crippen LogP contribution >= 0.6 is 11.6 Å². The minimum Gasteiger partial charge on any atom is -0.391 e. The average Bonchev–Trinajstić information content (AvgIpc) is 2.85. The number of aliphatic hydroxyl groups is 1. The van der Waals surface area contributed by atoms with Gasteiger partial charge in [-0.1, -0.05) is 23.7 Å². The van der Waals surface area contributed by atoms with Gasteiger partial charge in [0.25, 0.3) is 0 Å². The Kier molecular flexibility index (Phi) is 3.55. The molecule has 1 aliphatic rings. The number of pyridine rings is 1. The van der Waals surface area contributed by atoms with Gasteiger partial charge in [-0.15, -0.1) is 0 Å². The Labute approximate surface area is 123 Å². The number of aryl methyl sites for hydroxylation is 1. The molecule has 0 fully saturated rings. The predicted molar refractivity (Wildman–Crippen MR) is 81.4 cm³/mol. The van der Waals surface area contributed by atoms with Crippen molar-refractivity contribution in [3.05, 3.63) is 52.7 Å². The van der Waals surface area contributed by atoms with Crippen LogP contribution in [0.3, 0.4) is 0 Å². The smallest absolute Gasteiger partial charge is 0.0790 e. The lowest BCUT2D eigenvalue weighted by atomic mass is 10.0. The van der Waals surface area contributed by atoms with Gasteiger partial charge in [-0.25, -0.2) is 0 Å². The zero-order valence-electron chi connectivity index (χ0n) is 11.2. The first kappa shape index (κ1) is 13.3. The van der Waals surface area contributed by atoms with Crippen LogP contribution in [0.4, 0.5) is 0 Å². The van der Waals surface area contributed by atoms with E-state index in [1.54, 1.807) is 0 Å². The molecule has 0 aliphatic carbocycles. The first-order valence-electron chi connectivity index (χ1n) is 6.58. The van der Waals surface area contributed by atoms with Gasteiger partial charge in [-0.3, -0.25) is 9.98 Å². The highest BCUT2D eigenvalue weighted by molar-refractivity contribution is 6.30. The number of aliphatic imine (C=N–C) groups is 1. The summed E-state index contributed by atoms with van der Waals surface area (Å²) in [5.41, 5.74) is 4.98. The Hall–Kier alpha value is -1.71. The molecule has 1 N–H and O–H groups in total. The van der Waals surface area contributed by atoms with Crippen LogP contribution in [0.1, 0.15) is 17.5 Å². The summed E-state index contributed by atoms with van der Waals surface area (Å²) in [6, 6.07) is 9.69. The van der Waals surface area contributed by atoms with E-state index in [4.69, 9.17) is 11.6 Å². The molecular weight excluding hydrogens is 272 g/mol. The minimum absolute atomic E-state index is 0.350. The van der Waals surface area contributed by atoms with Gasteiger partial charge in [-0.2, -0.15) is 0 Å². The normalized spacial score (nSPS) is 18.1. The maximum atomic E-state index is 9.57. The molecule has 0 saturated heterocycles. The highest BCUT2D eigenvalue weighted by Gasteiger charge is 2.19. The van der Waals surface area contributed by atoms with E-state index < -0.39 is 0 Å². The molecule has 0 amide bonds. The Morgan fingerprint density at radius 3 is 2.80 bits per heavy atom.